The van der Waals surface area contributed by atoms with E-state index in [0.29, 0.717) is 0 Å². The molecule has 0 aromatic rings. The molecule has 4 heteroatoms. The predicted octanol–water partition coefficient (Wildman–Crippen LogP) is -0.153. The van der Waals surface area contributed by atoms with Crippen LogP contribution in [0.1, 0.15) is 0 Å². The third-order valence-corrected chi connectivity index (χ3v) is 3.60. The van der Waals surface area contributed by atoms with E-state index in [2.05, 4.69) is 32.0 Å². The van der Waals surface area contributed by atoms with Crippen molar-refractivity contribution in [1.29, 1.82) is 0 Å². The topological polar surface area (TPSA) is 14.1 Å². The second kappa shape index (κ2) is 10.9. The first-order chi connectivity index (χ1) is 5.13. The maximum atomic E-state index is 4.48. The summed E-state index contributed by atoms with van der Waals surface area (Å²) in [7, 11) is 0.558. The van der Waals surface area contributed by atoms with Gasteiger partial charge in [0.2, 0.25) is 0 Å². The molecule has 0 aromatic carbocycles. The summed E-state index contributed by atoms with van der Waals surface area (Å²) in [6.45, 7) is 11.5. The molecule has 0 saturated heterocycles. The number of nitrogens with zero attached hydrogens (tertiary/aromatic N) is 1. The Morgan fingerprint density at radius 1 is 0.833 bits per heavy atom. The summed E-state index contributed by atoms with van der Waals surface area (Å²) < 4.78 is 0. The first-order valence-corrected chi connectivity index (χ1v) is 8.90. The molecule has 0 N–H and O–H groups in total. The van der Waals surface area contributed by atoms with Crippen molar-refractivity contribution in [1.82, 2.24) is 0 Å². The maximum absolute atomic E-state index is 4.48. The van der Waals surface area contributed by atoms with Crippen LogP contribution >= 0.6 is 15.8 Å². The zero-order valence-electron chi connectivity index (χ0n) is 9.17. The zero-order chi connectivity index (χ0) is 8.69. The van der Waals surface area contributed by atoms with Gasteiger partial charge >= 0.3 is 29.6 Å². The molecule has 0 rings (SSSR count). The molecule has 0 fully saturated rings. The molecule has 0 aliphatic rings. The number of hydrogen-bond acceptors (Lipinski definition) is 0. The van der Waals surface area contributed by atoms with Crippen molar-refractivity contribution >= 4 is 15.8 Å². The molecule has 0 aliphatic carbocycles. The fourth-order valence-corrected chi connectivity index (χ4v) is 1.74. The van der Waals surface area contributed by atoms with Crippen molar-refractivity contribution in [2.45, 2.75) is 0 Å². The molecule has 0 atom stereocenters. The van der Waals surface area contributed by atoms with Gasteiger partial charge in [0.05, 0.1) is 0 Å². The van der Waals surface area contributed by atoms with Crippen LogP contribution in [0.5, 0.6) is 0 Å². The van der Waals surface area contributed by atoms with Crippen LogP contribution in [-0.2, 0) is 0 Å². The van der Waals surface area contributed by atoms with E-state index in [1.807, 2.05) is 0 Å². The van der Waals surface area contributed by atoms with Crippen LogP contribution in [-0.4, -0.2) is 52.1 Å². The Morgan fingerprint density at radius 3 is 1.42 bits per heavy atom. The number of hydrogen-bond donors (Lipinski definition) is 0. The number of rotatable bonds is 6. The Balaban J connectivity index is 0. The molecule has 1 nitrogen and oxygen atoms in total. The normalized spacial score (nSPS) is 10.5. The van der Waals surface area contributed by atoms with Crippen LogP contribution in [0.4, 0.5) is 0 Å². The molecular formula is C8H20NNaP2. The van der Waals surface area contributed by atoms with Gasteiger partial charge in [-0.15, -0.1) is 28.9 Å². The van der Waals surface area contributed by atoms with Gasteiger partial charge in [0.15, 0.2) is 0 Å². The van der Waals surface area contributed by atoms with Crippen molar-refractivity contribution in [3.63, 3.8) is 0 Å². The van der Waals surface area contributed by atoms with E-state index < -0.39 is 0 Å². The van der Waals surface area contributed by atoms with Crippen LogP contribution in [0.2, 0.25) is 0 Å². The summed E-state index contributed by atoms with van der Waals surface area (Å²) in [6, 6.07) is 0. The summed E-state index contributed by atoms with van der Waals surface area (Å²) in [4.78, 5) is 0. The van der Waals surface area contributed by atoms with Crippen LogP contribution in [0, 0.1) is 0 Å². The quantitative estimate of drug-likeness (QED) is 0.332. The van der Waals surface area contributed by atoms with Gasteiger partial charge in [-0.05, 0) is 26.7 Å². The Hall–Kier alpha value is 1.82. The van der Waals surface area contributed by atoms with Crippen molar-refractivity contribution in [3.8, 4) is 0 Å². The first-order valence-electron chi connectivity index (χ1n) is 4.05. The fourth-order valence-electron chi connectivity index (χ4n) is 0.653. The average molecular weight is 215 g/mol. The molecule has 0 bridgehead atoms. The van der Waals surface area contributed by atoms with E-state index in [1.54, 1.807) is 0 Å². The third kappa shape index (κ3) is 14.3. The van der Waals surface area contributed by atoms with Gasteiger partial charge in [0.25, 0.3) is 0 Å². The molecular weight excluding hydrogens is 195 g/mol. The molecule has 68 valence electrons. The molecule has 0 heterocycles. The second-order valence-electron chi connectivity index (χ2n) is 3.28. The summed E-state index contributed by atoms with van der Waals surface area (Å²) in [5.41, 5.74) is 0. The van der Waals surface area contributed by atoms with Crippen LogP contribution in [0.3, 0.4) is 0 Å². The van der Waals surface area contributed by atoms with Crippen molar-refractivity contribution in [2.24, 2.45) is 0 Å². The maximum Gasteiger partial charge on any atom is 1.00 e. The standard InChI is InChI=1S/C8H20NP2.Na/c1-10(2)7-5-9-6-8-11(3)4;/h5-8H2,1-4H3;/q-1;+1. The minimum absolute atomic E-state index is 0. The van der Waals surface area contributed by atoms with E-state index >= 15 is 0 Å². The smallest absolute Gasteiger partial charge is 0.662 e. The summed E-state index contributed by atoms with van der Waals surface area (Å²) >= 11 is 0. The van der Waals surface area contributed by atoms with E-state index in [9.17, 15) is 0 Å². The molecule has 0 radical (unpaired) electrons. The second-order valence-corrected chi connectivity index (χ2v) is 8.49. The molecule has 0 aromatic heterocycles. The third-order valence-electron chi connectivity index (χ3n) is 1.41. The monoisotopic (exact) mass is 215 g/mol. The molecule has 0 spiro atoms. The van der Waals surface area contributed by atoms with Gasteiger partial charge in [-0.3, -0.25) is 0 Å². The van der Waals surface area contributed by atoms with Crippen molar-refractivity contribution in [3.05, 3.63) is 5.32 Å². The predicted molar refractivity (Wildman–Crippen MR) is 60.4 cm³/mol. The first kappa shape index (κ1) is 16.3. The van der Waals surface area contributed by atoms with E-state index in [0.717, 1.165) is 13.1 Å². The van der Waals surface area contributed by atoms with Gasteiger partial charge in [0.1, 0.15) is 0 Å². The Bertz CT molecular complexity index is 79.1. The van der Waals surface area contributed by atoms with Crippen LogP contribution < -0.4 is 29.6 Å². The van der Waals surface area contributed by atoms with Crippen molar-refractivity contribution in [2.75, 3.05) is 52.1 Å². The average Bonchev–Trinajstić information content (AvgIpc) is 1.85. The van der Waals surface area contributed by atoms with Crippen molar-refractivity contribution < 1.29 is 29.6 Å². The molecule has 0 saturated carbocycles. The van der Waals surface area contributed by atoms with Crippen LogP contribution in [0.15, 0.2) is 0 Å². The summed E-state index contributed by atoms with van der Waals surface area (Å²) in [5, 5.41) is 4.48. The summed E-state index contributed by atoms with van der Waals surface area (Å²) in [5.74, 6) is 0. The minimum atomic E-state index is 0. The Labute approximate surface area is 102 Å². The van der Waals surface area contributed by atoms with Gasteiger partial charge in [-0.2, -0.15) is 0 Å². The van der Waals surface area contributed by atoms with Gasteiger partial charge in [-0.25, -0.2) is 0 Å². The van der Waals surface area contributed by atoms with Crippen LogP contribution in [0.25, 0.3) is 5.32 Å². The SMILES string of the molecule is CP(C)CC[N-]CCP(C)C.[Na+]. The Morgan fingerprint density at radius 2 is 1.17 bits per heavy atom. The van der Waals surface area contributed by atoms with E-state index in [-0.39, 0.29) is 45.4 Å². The molecule has 12 heavy (non-hydrogen) atoms. The molecule has 0 amide bonds. The largest absolute Gasteiger partial charge is 1.00 e. The van der Waals surface area contributed by atoms with E-state index in [4.69, 9.17) is 0 Å². The van der Waals surface area contributed by atoms with Gasteiger partial charge in [0, 0.05) is 0 Å². The van der Waals surface area contributed by atoms with Gasteiger partial charge in [-0.1, -0.05) is 12.3 Å². The summed E-state index contributed by atoms with van der Waals surface area (Å²) in [6.07, 6.45) is 2.64. The Kier molecular flexibility index (Phi) is 14.8. The fraction of sp³-hybridized carbons (Fsp3) is 1.00. The van der Waals surface area contributed by atoms with E-state index in [1.165, 1.54) is 12.3 Å². The molecule has 0 unspecified atom stereocenters. The molecule has 0 aliphatic heterocycles. The zero-order valence-corrected chi connectivity index (χ0v) is 13.0. The van der Waals surface area contributed by atoms with Gasteiger partial charge < -0.3 is 5.32 Å². The minimum Gasteiger partial charge on any atom is -0.662 e.